The lowest BCUT2D eigenvalue weighted by molar-refractivity contribution is 0.186. The first-order valence-corrected chi connectivity index (χ1v) is 8.66. The van der Waals surface area contributed by atoms with Crippen LogP contribution >= 0.6 is 0 Å². The lowest BCUT2D eigenvalue weighted by Gasteiger charge is -2.33. The Labute approximate surface area is 110 Å². The molecule has 2 aliphatic heterocycles. The Morgan fingerprint density at radius 3 is 2.06 bits per heavy atom. The molecular formula is C12H25N3O2S. The van der Waals surface area contributed by atoms with E-state index in [-0.39, 0.29) is 0 Å². The van der Waals surface area contributed by atoms with Crippen molar-refractivity contribution < 1.29 is 8.42 Å². The number of hydrogen-bond acceptors (Lipinski definition) is 4. The molecule has 5 nitrogen and oxygen atoms in total. The maximum absolute atomic E-state index is 11.8. The summed E-state index contributed by atoms with van der Waals surface area (Å²) in [5.41, 5.74) is 0. The molecular weight excluding hydrogens is 250 g/mol. The van der Waals surface area contributed by atoms with Crippen LogP contribution in [0.5, 0.6) is 0 Å². The molecule has 0 saturated carbocycles. The fourth-order valence-corrected chi connectivity index (χ4v) is 4.12. The zero-order valence-corrected chi connectivity index (χ0v) is 11.9. The van der Waals surface area contributed by atoms with Crippen molar-refractivity contribution in [2.45, 2.75) is 43.9 Å². The highest BCUT2D eigenvalue weighted by Crippen LogP contribution is 2.18. The molecule has 106 valence electrons. The van der Waals surface area contributed by atoms with Gasteiger partial charge in [-0.2, -0.15) is 0 Å². The second kappa shape index (κ2) is 6.32. The van der Waals surface area contributed by atoms with E-state index in [0.717, 1.165) is 45.6 Å². The molecule has 0 spiro atoms. The maximum atomic E-state index is 11.8. The Morgan fingerprint density at radius 1 is 0.944 bits per heavy atom. The van der Waals surface area contributed by atoms with Gasteiger partial charge in [-0.3, -0.25) is 4.90 Å². The number of hydrogen-bond donors (Lipinski definition) is 1. The largest absolute Gasteiger partial charge is 0.303 e. The predicted molar refractivity (Wildman–Crippen MR) is 72.6 cm³/mol. The van der Waals surface area contributed by atoms with Crippen molar-refractivity contribution >= 4 is 10.0 Å². The van der Waals surface area contributed by atoms with E-state index in [2.05, 4.69) is 9.80 Å². The molecule has 2 rings (SSSR count). The third kappa shape index (κ3) is 3.91. The van der Waals surface area contributed by atoms with E-state index < -0.39 is 15.4 Å². The van der Waals surface area contributed by atoms with Gasteiger partial charge in [0.1, 0.15) is 5.37 Å². The summed E-state index contributed by atoms with van der Waals surface area (Å²) in [5, 5.41) is 4.93. The van der Waals surface area contributed by atoms with Crippen LogP contribution in [0.1, 0.15) is 38.5 Å². The fourth-order valence-electron chi connectivity index (χ4n) is 3.06. The van der Waals surface area contributed by atoms with Gasteiger partial charge in [-0.15, -0.1) is 0 Å². The maximum Gasteiger partial charge on any atom is 0.225 e. The number of piperidine rings is 1. The SMILES string of the molecule is NS(=O)(=O)C(CCN1CCCC1)N1CCCCC1. The van der Waals surface area contributed by atoms with E-state index in [1.165, 1.54) is 19.3 Å². The summed E-state index contributed by atoms with van der Waals surface area (Å²) in [6.45, 7) is 4.83. The van der Waals surface area contributed by atoms with E-state index in [4.69, 9.17) is 5.14 Å². The first-order chi connectivity index (χ1) is 8.57. The van der Waals surface area contributed by atoms with Crippen LogP contribution in [0, 0.1) is 0 Å². The Kier molecular flexibility index (Phi) is 5.00. The molecule has 2 heterocycles. The number of sulfonamides is 1. The summed E-state index contributed by atoms with van der Waals surface area (Å²) >= 11 is 0. The molecule has 6 heteroatoms. The summed E-state index contributed by atoms with van der Waals surface area (Å²) in [7, 11) is -3.46. The molecule has 0 aromatic heterocycles. The third-order valence-corrected chi connectivity index (χ3v) is 5.36. The highest BCUT2D eigenvalue weighted by molar-refractivity contribution is 7.89. The molecule has 0 aliphatic carbocycles. The van der Waals surface area contributed by atoms with Crippen LogP contribution in [0.4, 0.5) is 0 Å². The van der Waals surface area contributed by atoms with E-state index in [0.29, 0.717) is 6.42 Å². The summed E-state index contributed by atoms with van der Waals surface area (Å²) in [6.07, 6.45) is 6.53. The van der Waals surface area contributed by atoms with Crippen molar-refractivity contribution in [1.82, 2.24) is 9.80 Å². The van der Waals surface area contributed by atoms with Crippen molar-refractivity contribution in [3.8, 4) is 0 Å². The highest BCUT2D eigenvalue weighted by atomic mass is 32.2. The van der Waals surface area contributed by atoms with E-state index in [1.54, 1.807) is 0 Å². The molecule has 0 aromatic rings. The molecule has 2 N–H and O–H groups in total. The Morgan fingerprint density at radius 2 is 1.50 bits per heavy atom. The first kappa shape index (κ1) is 14.2. The molecule has 18 heavy (non-hydrogen) atoms. The van der Waals surface area contributed by atoms with E-state index >= 15 is 0 Å². The number of likely N-dealkylation sites (tertiary alicyclic amines) is 2. The molecule has 0 bridgehead atoms. The second-order valence-electron chi connectivity index (χ2n) is 5.48. The van der Waals surface area contributed by atoms with Crippen LogP contribution < -0.4 is 5.14 Å². The Bertz CT molecular complexity index is 346. The zero-order valence-electron chi connectivity index (χ0n) is 11.1. The minimum absolute atomic E-state index is 0.474. The van der Waals surface area contributed by atoms with E-state index in [9.17, 15) is 8.42 Å². The molecule has 0 radical (unpaired) electrons. The molecule has 2 aliphatic rings. The highest BCUT2D eigenvalue weighted by Gasteiger charge is 2.30. The van der Waals surface area contributed by atoms with Gasteiger partial charge in [0, 0.05) is 6.54 Å². The van der Waals surface area contributed by atoms with Gasteiger partial charge in [0.2, 0.25) is 10.0 Å². The minimum Gasteiger partial charge on any atom is -0.303 e. The van der Waals surface area contributed by atoms with Crippen molar-refractivity contribution in [1.29, 1.82) is 0 Å². The minimum atomic E-state index is -3.46. The second-order valence-corrected chi connectivity index (χ2v) is 7.20. The van der Waals surface area contributed by atoms with Crippen LogP contribution in [-0.4, -0.2) is 56.3 Å². The van der Waals surface area contributed by atoms with Crippen molar-refractivity contribution in [2.75, 3.05) is 32.7 Å². The quantitative estimate of drug-likeness (QED) is 0.797. The number of primary sulfonamides is 1. The lowest BCUT2D eigenvalue weighted by atomic mass is 10.1. The summed E-state index contributed by atoms with van der Waals surface area (Å²) in [4.78, 5) is 4.41. The number of rotatable bonds is 5. The Hall–Kier alpha value is -0.170. The van der Waals surface area contributed by atoms with Gasteiger partial charge in [-0.25, -0.2) is 13.6 Å². The van der Waals surface area contributed by atoms with Gasteiger partial charge in [0.05, 0.1) is 0 Å². The monoisotopic (exact) mass is 275 g/mol. The summed E-state index contributed by atoms with van der Waals surface area (Å²) in [6, 6.07) is 0. The summed E-state index contributed by atoms with van der Waals surface area (Å²) < 4.78 is 23.5. The Balaban J connectivity index is 1.91. The fraction of sp³-hybridized carbons (Fsp3) is 1.00. The molecule has 1 unspecified atom stereocenters. The van der Waals surface area contributed by atoms with Crippen LogP contribution in [-0.2, 0) is 10.0 Å². The van der Waals surface area contributed by atoms with E-state index in [1.807, 2.05) is 0 Å². The van der Waals surface area contributed by atoms with Gasteiger partial charge in [-0.05, 0) is 58.3 Å². The van der Waals surface area contributed by atoms with Gasteiger partial charge >= 0.3 is 0 Å². The molecule has 0 aromatic carbocycles. The normalized spacial score (nSPS) is 25.4. The van der Waals surface area contributed by atoms with Gasteiger partial charge < -0.3 is 4.90 Å². The van der Waals surface area contributed by atoms with Crippen LogP contribution in [0.3, 0.4) is 0 Å². The van der Waals surface area contributed by atoms with Crippen molar-refractivity contribution in [3.05, 3.63) is 0 Å². The smallest absolute Gasteiger partial charge is 0.225 e. The topological polar surface area (TPSA) is 66.6 Å². The lowest BCUT2D eigenvalue weighted by Crippen LogP contribution is -2.48. The predicted octanol–water partition coefficient (Wildman–Crippen LogP) is 0.573. The average Bonchev–Trinajstić information content (AvgIpc) is 2.82. The average molecular weight is 275 g/mol. The van der Waals surface area contributed by atoms with Crippen molar-refractivity contribution in [3.63, 3.8) is 0 Å². The molecule has 2 saturated heterocycles. The first-order valence-electron chi connectivity index (χ1n) is 7.05. The van der Waals surface area contributed by atoms with Crippen molar-refractivity contribution in [2.24, 2.45) is 5.14 Å². The van der Waals surface area contributed by atoms with Gasteiger partial charge in [-0.1, -0.05) is 6.42 Å². The third-order valence-electron chi connectivity index (χ3n) is 4.07. The van der Waals surface area contributed by atoms with Crippen LogP contribution in [0.25, 0.3) is 0 Å². The molecule has 1 atom stereocenters. The van der Waals surface area contributed by atoms with Crippen LogP contribution in [0.15, 0.2) is 0 Å². The van der Waals surface area contributed by atoms with Crippen LogP contribution in [0.2, 0.25) is 0 Å². The molecule has 2 fully saturated rings. The van der Waals surface area contributed by atoms with Gasteiger partial charge in [0.25, 0.3) is 0 Å². The summed E-state index contributed by atoms with van der Waals surface area (Å²) in [5.74, 6) is 0. The standard InChI is InChI=1S/C12H25N3O2S/c13-18(16,17)12(15-9-2-1-3-10-15)6-11-14-7-4-5-8-14/h12H,1-11H2,(H2,13,16,17). The number of nitrogens with zero attached hydrogens (tertiary/aromatic N) is 2. The number of nitrogens with two attached hydrogens (primary N) is 1. The molecule has 0 amide bonds. The van der Waals surface area contributed by atoms with Gasteiger partial charge in [0.15, 0.2) is 0 Å². The zero-order chi connectivity index (χ0) is 13.0.